The van der Waals surface area contributed by atoms with Crippen LogP contribution in [0.15, 0.2) is 54.6 Å². The fourth-order valence-electron chi connectivity index (χ4n) is 3.13. The number of fused-ring (bicyclic) bond motifs is 1. The summed E-state index contributed by atoms with van der Waals surface area (Å²) < 4.78 is 0. The summed E-state index contributed by atoms with van der Waals surface area (Å²) in [5, 5.41) is 14.0. The van der Waals surface area contributed by atoms with Gasteiger partial charge >= 0.3 is 51.4 Å². The summed E-state index contributed by atoms with van der Waals surface area (Å²) >= 11 is 0. The minimum atomic E-state index is -0.921. The van der Waals surface area contributed by atoms with Crippen LogP contribution >= 0.6 is 0 Å². The molecule has 1 atom stereocenters. The van der Waals surface area contributed by atoms with Gasteiger partial charge in [0, 0.05) is 0 Å². The molecule has 0 heterocycles. The predicted molar refractivity (Wildman–Crippen MR) is 102 cm³/mol. The van der Waals surface area contributed by atoms with Gasteiger partial charge in [-0.05, 0) is 48.1 Å². The van der Waals surface area contributed by atoms with Crippen molar-refractivity contribution >= 4 is 0 Å². The molecule has 3 heteroatoms. The van der Waals surface area contributed by atoms with E-state index in [4.69, 9.17) is 0 Å². The number of aryl methyl sites for hydroxylation is 2. The Hall–Kier alpha value is -0.00364. The molecule has 0 spiro atoms. The van der Waals surface area contributed by atoms with E-state index in [-0.39, 0.29) is 57.4 Å². The molecule has 2 nitrogen and oxygen atoms in total. The number of hydrogen-bond acceptors (Lipinski definition) is 1. The van der Waals surface area contributed by atoms with Gasteiger partial charge < -0.3 is 10.4 Å². The van der Waals surface area contributed by atoms with E-state index in [1.54, 1.807) is 25.0 Å². The Labute approximate surface area is 195 Å². The molecular weight excluding hydrogens is 333 g/mol. The molecule has 0 aliphatic heterocycles. The van der Waals surface area contributed by atoms with Crippen LogP contribution in [0.5, 0.6) is 0 Å². The first-order valence-electron chi connectivity index (χ1n) is 9.03. The maximum Gasteiger partial charge on any atom is 1.00 e. The maximum atomic E-state index is 9.63. The number of nitrogens with zero attached hydrogens (tertiary/aromatic N) is 1. The molecule has 0 fully saturated rings. The number of hydrogen-bond donors (Lipinski definition) is 1. The molecule has 0 amide bonds. The van der Waals surface area contributed by atoms with Crippen molar-refractivity contribution in [2.75, 3.05) is 0 Å². The molecule has 0 radical (unpaired) electrons. The van der Waals surface area contributed by atoms with Gasteiger partial charge in [-0.25, -0.2) is 0 Å². The molecule has 2 aromatic carbocycles. The van der Waals surface area contributed by atoms with Crippen molar-refractivity contribution in [3.8, 4) is 0 Å². The van der Waals surface area contributed by atoms with Crippen LogP contribution in [-0.2, 0) is 19.3 Å². The zero-order valence-electron chi connectivity index (χ0n) is 16.2. The van der Waals surface area contributed by atoms with Gasteiger partial charge in [-0.2, -0.15) is 0 Å². The maximum absolute atomic E-state index is 9.63. The van der Waals surface area contributed by atoms with Crippen molar-refractivity contribution in [1.29, 1.82) is 0 Å². The Morgan fingerprint density at radius 1 is 0.960 bits per heavy atom. The van der Waals surface area contributed by atoms with Crippen LogP contribution in [0.3, 0.4) is 0 Å². The van der Waals surface area contributed by atoms with Crippen molar-refractivity contribution in [2.24, 2.45) is 0 Å². The Balaban J connectivity index is 0.000000266. The van der Waals surface area contributed by atoms with Crippen molar-refractivity contribution in [3.63, 3.8) is 0 Å². The van der Waals surface area contributed by atoms with E-state index in [0.29, 0.717) is 0 Å². The van der Waals surface area contributed by atoms with Crippen LogP contribution in [0.1, 0.15) is 50.3 Å². The quantitative estimate of drug-likeness (QED) is 0.813. The zero-order chi connectivity index (χ0) is 17.4. The number of benzene rings is 2. The molecule has 25 heavy (non-hydrogen) atoms. The fraction of sp³-hybridized carbons (Fsp3) is 0.455. The molecule has 0 saturated heterocycles. The van der Waals surface area contributed by atoms with Gasteiger partial charge in [-0.3, -0.25) is 0 Å². The Kier molecular flexibility index (Phi) is 10.7. The topological polar surface area (TPSA) is 34.3 Å². The molecule has 0 bridgehead atoms. The minimum Gasteiger partial charge on any atom is -0.631 e. The van der Waals surface area contributed by atoms with Gasteiger partial charge in [0.15, 0.2) is 0 Å². The predicted octanol–water partition coefficient (Wildman–Crippen LogP) is 2.29. The normalized spacial score (nSPS) is 13.9. The molecule has 1 N–H and O–H groups in total. The van der Waals surface area contributed by atoms with E-state index >= 15 is 0 Å². The van der Waals surface area contributed by atoms with Crippen LogP contribution < -0.4 is 51.4 Å². The summed E-state index contributed by atoms with van der Waals surface area (Å²) in [5.41, 5.74) is 3.49. The summed E-state index contributed by atoms with van der Waals surface area (Å²) in [5.74, 6) is 0. The molecule has 1 aliphatic rings. The fourth-order valence-corrected chi connectivity index (χ4v) is 3.13. The van der Waals surface area contributed by atoms with E-state index in [2.05, 4.69) is 48.6 Å². The third kappa shape index (κ3) is 8.96. The van der Waals surface area contributed by atoms with Crippen LogP contribution in [0.2, 0.25) is 0 Å². The SMILES string of the molecule is CCC(Cc1ccccc1)[N-]C(C)(C)O.[K+].c1ccc2c(c1)CCC2. The first-order valence-corrected chi connectivity index (χ1v) is 9.03. The molecule has 130 valence electrons. The van der Waals surface area contributed by atoms with Crippen molar-refractivity contribution in [3.05, 3.63) is 76.6 Å². The van der Waals surface area contributed by atoms with Crippen LogP contribution in [0, 0.1) is 0 Å². The summed E-state index contributed by atoms with van der Waals surface area (Å²) in [4.78, 5) is 0. The number of rotatable bonds is 5. The van der Waals surface area contributed by atoms with E-state index in [1.807, 2.05) is 18.2 Å². The standard InChI is InChI=1S/C13H20NO.C9H10.K/c1-4-12(14-13(2,3)15)10-11-8-6-5-7-9-11;1-2-5-9-7-3-6-8(9)4-1;/h5-9,12,15H,4,10H2,1-3H3;1-2,4-5H,3,6-7H2;/q-1;;+1. The summed E-state index contributed by atoms with van der Waals surface area (Å²) in [6.07, 6.45) is 5.83. The molecule has 0 aromatic heterocycles. The van der Waals surface area contributed by atoms with Gasteiger partial charge in [-0.1, -0.05) is 81.8 Å². The summed E-state index contributed by atoms with van der Waals surface area (Å²) in [6.45, 7) is 5.55. The van der Waals surface area contributed by atoms with E-state index in [1.165, 1.54) is 24.8 Å². The monoisotopic (exact) mass is 363 g/mol. The van der Waals surface area contributed by atoms with Gasteiger partial charge in [0.1, 0.15) is 0 Å². The Bertz CT molecular complexity index is 584. The molecule has 2 aromatic rings. The average Bonchev–Trinajstić information content (AvgIpc) is 3.03. The van der Waals surface area contributed by atoms with Gasteiger partial charge in [0.25, 0.3) is 0 Å². The molecule has 3 rings (SSSR count). The summed E-state index contributed by atoms with van der Waals surface area (Å²) in [6, 6.07) is 19.2. The van der Waals surface area contributed by atoms with Crippen LogP contribution in [0.4, 0.5) is 0 Å². The van der Waals surface area contributed by atoms with Crippen molar-refractivity contribution < 1.29 is 56.5 Å². The third-order valence-electron chi connectivity index (χ3n) is 4.29. The van der Waals surface area contributed by atoms with Crippen LogP contribution in [-0.4, -0.2) is 16.9 Å². The average molecular weight is 364 g/mol. The second-order valence-corrected chi connectivity index (χ2v) is 7.00. The van der Waals surface area contributed by atoms with Gasteiger partial charge in [-0.15, -0.1) is 6.04 Å². The first-order chi connectivity index (χ1) is 11.5. The van der Waals surface area contributed by atoms with Gasteiger partial charge in [0.2, 0.25) is 0 Å². The van der Waals surface area contributed by atoms with Crippen molar-refractivity contribution in [2.45, 2.75) is 64.6 Å². The third-order valence-corrected chi connectivity index (χ3v) is 4.29. The largest absolute Gasteiger partial charge is 1.00 e. The zero-order valence-corrected chi connectivity index (χ0v) is 19.3. The molecule has 0 saturated carbocycles. The molecule has 1 aliphatic carbocycles. The van der Waals surface area contributed by atoms with Crippen LogP contribution in [0.25, 0.3) is 5.32 Å². The Morgan fingerprint density at radius 3 is 1.96 bits per heavy atom. The van der Waals surface area contributed by atoms with Crippen molar-refractivity contribution in [1.82, 2.24) is 0 Å². The van der Waals surface area contributed by atoms with E-state index in [9.17, 15) is 5.11 Å². The molecule has 1 unspecified atom stereocenters. The second kappa shape index (κ2) is 11.7. The molecular formula is C22H30KNO. The van der Waals surface area contributed by atoms with E-state index < -0.39 is 5.72 Å². The van der Waals surface area contributed by atoms with Gasteiger partial charge in [0.05, 0.1) is 0 Å². The number of aliphatic hydroxyl groups is 1. The van der Waals surface area contributed by atoms with E-state index in [0.717, 1.165) is 12.8 Å². The summed E-state index contributed by atoms with van der Waals surface area (Å²) in [7, 11) is 0. The smallest absolute Gasteiger partial charge is 0.631 e. The first kappa shape index (κ1) is 23.0. The second-order valence-electron chi connectivity index (χ2n) is 7.00. The Morgan fingerprint density at radius 2 is 1.48 bits per heavy atom. The minimum absolute atomic E-state index is 0.